The minimum atomic E-state index is -1.34. The second kappa shape index (κ2) is 7.08. The van der Waals surface area contributed by atoms with Crippen LogP contribution in [0, 0.1) is 0 Å². The highest BCUT2D eigenvalue weighted by molar-refractivity contribution is 7.98. The average Bonchev–Trinajstić information content (AvgIpc) is 2.93. The van der Waals surface area contributed by atoms with Crippen molar-refractivity contribution >= 4 is 29.4 Å². The van der Waals surface area contributed by atoms with E-state index >= 15 is 0 Å². The monoisotopic (exact) mass is 356 g/mol. The van der Waals surface area contributed by atoms with Gasteiger partial charge >= 0.3 is 15.1 Å². The highest BCUT2D eigenvalue weighted by atomic mass is 31.2. The van der Waals surface area contributed by atoms with Crippen molar-refractivity contribution < 1.29 is 0 Å². The molecule has 4 atom stereocenters. The molecule has 4 radical (unpaired) electrons. The molecule has 0 unspecified atom stereocenters. The first-order valence-electron chi connectivity index (χ1n) is 9.65. The smallest absolute Gasteiger partial charge is 0.0614 e. The molecule has 3 rings (SSSR count). The Morgan fingerprint density at radius 3 is 1.42 bits per heavy atom. The van der Waals surface area contributed by atoms with Crippen LogP contribution in [0.15, 0.2) is 24.3 Å². The van der Waals surface area contributed by atoms with Gasteiger partial charge in [0.15, 0.2) is 0 Å². The van der Waals surface area contributed by atoms with Gasteiger partial charge in [0.2, 0.25) is 0 Å². The minimum Gasteiger partial charge on any atom is -0.0614 e. The molecule has 0 bridgehead atoms. The van der Waals surface area contributed by atoms with Crippen LogP contribution in [0.5, 0.6) is 0 Å². The fourth-order valence-electron chi connectivity index (χ4n) is 4.88. The molecule has 0 aliphatic carbocycles. The number of hydrogen-bond donors (Lipinski definition) is 0. The highest BCUT2D eigenvalue weighted by Crippen LogP contribution is 2.72. The Labute approximate surface area is 153 Å². The molecule has 2 heterocycles. The third-order valence-corrected chi connectivity index (χ3v) is 16.6. The quantitative estimate of drug-likeness (QED) is 0.457. The molecule has 4 heteroatoms. The molecule has 1 aromatic carbocycles. The molecule has 1 aromatic rings. The van der Waals surface area contributed by atoms with E-state index in [9.17, 15) is 0 Å². The lowest BCUT2D eigenvalue weighted by Crippen LogP contribution is -2.14. The fraction of sp³-hybridized carbons (Fsp3) is 0.700. The summed E-state index contributed by atoms with van der Waals surface area (Å²) in [6.07, 6.45) is 7.50. The third-order valence-electron chi connectivity index (χ3n) is 7.19. The zero-order valence-electron chi connectivity index (χ0n) is 15.9. The van der Waals surface area contributed by atoms with E-state index in [-0.39, 0.29) is 0 Å². The molecule has 2 fully saturated rings. The molecule has 2 saturated heterocycles. The summed E-state index contributed by atoms with van der Waals surface area (Å²) in [6.45, 7) is 9.51. The normalized spacial score (nSPS) is 34.5. The maximum atomic E-state index is 6.96. The molecule has 24 heavy (non-hydrogen) atoms. The Morgan fingerprint density at radius 2 is 1.08 bits per heavy atom. The predicted molar refractivity (Wildman–Crippen MR) is 116 cm³/mol. The van der Waals surface area contributed by atoms with Gasteiger partial charge in [-0.3, -0.25) is 0 Å². The van der Waals surface area contributed by atoms with Gasteiger partial charge in [0.25, 0.3) is 0 Å². The van der Waals surface area contributed by atoms with Gasteiger partial charge in [-0.2, -0.15) is 0 Å². The van der Waals surface area contributed by atoms with E-state index < -0.39 is 14.3 Å². The zero-order valence-corrected chi connectivity index (χ0v) is 17.7. The van der Waals surface area contributed by atoms with E-state index in [1.54, 1.807) is 0 Å². The molecule has 126 valence electrons. The topological polar surface area (TPSA) is 0 Å². The first kappa shape index (κ1) is 19.0. The van der Waals surface area contributed by atoms with Crippen molar-refractivity contribution in [3.63, 3.8) is 0 Å². The predicted octanol–water partition coefficient (Wildman–Crippen LogP) is 6.03. The zero-order chi connectivity index (χ0) is 17.5. The Hall–Kier alpha value is 0.210. The summed E-state index contributed by atoms with van der Waals surface area (Å²) < 4.78 is 0. The molecule has 0 nitrogen and oxygen atoms in total. The van der Waals surface area contributed by atoms with Crippen molar-refractivity contribution in [2.24, 2.45) is 0 Å². The summed E-state index contributed by atoms with van der Waals surface area (Å²) in [6, 6.07) is 9.25. The van der Waals surface area contributed by atoms with Gasteiger partial charge in [-0.25, -0.2) is 0 Å². The van der Waals surface area contributed by atoms with Crippen LogP contribution in [0.3, 0.4) is 0 Å². The summed E-state index contributed by atoms with van der Waals surface area (Å²) in [4.78, 5) is 0. The van der Waals surface area contributed by atoms with E-state index in [1.807, 2.05) is 0 Å². The molecular formula is C20H32B2P2+2. The molecule has 0 saturated carbocycles. The van der Waals surface area contributed by atoms with E-state index in [0.29, 0.717) is 0 Å². The van der Waals surface area contributed by atoms with E-state index in [2.05, 4.69) is 52.0 Å². The third kappa shape index (κ3) is 3.40. The van der Waals surface area contributed by atoms with Crippen molar-refractivity contribution in [1.82, 2.24) is 0 Å². The molecule has 0 spiro atoms. The second-order valence-corrected chi connectivity index (χ2v) is 16.8. The Balaban J connectivity index is 1.78. The molecule has 0 amide bonds. The van der Waals surface area contributed by atoms with Crippen molar-refractivity contribution in [3.05, 3.63) is 35.4 Å². The molecular weight excluding hydrogens is 324 g/mol. The number of hydrogen-bond acceptors (Lipinski definition) is 0. The van der Waals surface area contributed by atoms with E-state index in [1.165, 1.54) is 36.8 Å². The number of rotatable bonds is 4. The molecule has 2 aliphatic rings. The van der Waals surface area contributed by atoms with Crippen molar-refractivity contribution in [2.45, 2.75) is 88.3 Å². The lowest BCUT2D eigenvalue weighted by molar-refractivity contribution is 0.777. The summed E-state index contributed by atoms with van der Waals surface area (Å²) in [5.74, 6) is 0. The molecule has 2 aliphatic heterocycles. The minimum absolute atomic E-state index is 0.722. The fourth-order valence-corrected chi connectivity index (χ4v) is 12.0. The first-order chi connectivity index (χ1) is 11.3. The van der Waals surface area contributed by atoms with Crippen LogP contribution in [-0.2, 0) is 12.3 Å². The van der Waals surface area contributed by atoms with Gasteiger partial charge in [-0.1, -0.05) is 18.2 Å². The maximum absolute atomic E-state index is 6.96. The van der Waals surface area contributed by atoms with Crippen LogP contribution >= 0.6 is 14.3 Å². The van der Waals surface area contributed by atoms with Crippen LogP contribution in [0.25, 0.3) is 0 Å². The van der Waals surface area contributed by atoms with Crippen molar-refractivity contribution in [3.8, 4) is 0 Å². The average molecular weight is 356 g/mol. The van der Waals surface area contributed by atoms with Crippen LogP contribution in [-0.4, -0.2) is 37.8 Å². The summed E-state index contributed by atoms with van der Waals surface area (Å²) in [5, 5.41) is 0. The standard InChI is InChI=1S/C20H32B2P2/c1-15-8-9-16(2)23(15,21)13-19-6-5-7-20(12-19)14-24(22)17(3)10-11-18(24)4/h5-7,12,15-18H,8-11,13-14H2,1-4H3/q+2/t15-,16-,17-,18-/m1/s1. The SMILES string of the molecule is [B][P+]1(Cc2cccc(C[P+]3([B])[C@H](C)CC[C@H]3C)c2)[C@H](C)CC[C@H]1C. The Bertz CT molecular complexity index is 522. The van der Waals surface area contributed by atoms with Gasteiger partial charge in [-0.15, -0.1) is 0 Å². The van der Waals surface area contributed by atoms with Crippen LogP contribution in [0.2, 0.25) is 0 Å². The molecule has 0 aromatic heterocycles. The lowest BCUT2D eigenvalue weighted by Gasteiger charge is -2.29. The summed E-state index contributed by atoms with van der Waals surface area (Å²) in [7, 11) is 11.2. The van der Waals surface area contributed by atoms with Crippen molar-refractivity contribution in [1.29, 1.82) is 0 Å². The van der Waals surface area contributed by atoms with Crippen molar-refractivity contribution in [2.75, 3.05) is 0 Å². The first-order valence-corrected chi connectivity index (χ1v) is 14.0. The van der Waals surface area contributed by atoms with Crippen LogP contribution in [0.1, 0.15) is 64.5 Å². The molecule has 0 N–H and O–H groups in total. The van der Waals surface area contributed by atoms with Gasteiger partial charge < -0.3 is 0 Å². The second-order valence-electron chi connectivity index (χ2n) is 8.68. The summed E-state index contributed by atoms with van der Waals surface area (Å²) >= 11 is 0. The van der Waals surface area contributed by atoms with Gasteiger partial charge in [0.05, 0.1) is 35.0 Å². The van der Waals surface area contributed by atoms with Crippen LogP contribution in [0.4, 0.5) is 0 Å². The Kier molecular flexibility index (Phi) is 5.60. The largest absolute Gasteiger partial charge is 0.366 e. The Morgan fingerprint density at radius 1 is 0.750 bits per heavy atom. The van der Waals surface area contributed by atoms with Gasteiger partial charge in [0, 0.05) is 0 Å². The summed E-state index contributed by atoms with van der Waals surface area (Å²) in [5.41, 5.74) is 5.79. The van der Waals surface area contributed by atoms with Gasteiger partial charge in [0.1, 0.15) is 0 Å². The highest BCUT2D eigenvalue weighted by Gasteiger charge is 2.49. The van der Waals surface area contributed by atoms with Crippen LogP contribution < -0.4 is 0 Å². The lowest BCUT2D eigenvalue weighted by atomic mass is 10.2. The van der Waals surface area contributed by atoms with E-state index in [4.69, 9.17) is 15.1 Å². The van der Waals surface area contributed by atoms with E-state index in [0.717, 1.165) is 35.0 Å². The number of benzene rings is 1. The maximum Gasteiger partial charge on any atom is 0.366 e. The van der Waals surface area contributed by atoms with Gasteiger partial charge in [-0.05, 0) is 84.9 Å².